The maximum absolute atomic E-state index is 12.3. The number of carbonyl (C=O) groups is 1. The molecule has 1 aliphatic heterocycles. The van der Waals surface area contributed by atoms with Gasteiger partial charge in [-0.1, -0.05) is 11.8 Å². The van der Waals surface area contributed by atoms with Crippen molar-refractivity contribution in [3.8, 4) is 11.4 Å². The van der Waals surface area contributed by atoms with Crippen LogP contribution in [0, 0.1) is 0 Å². The Balaban J connectivity index is 1.32. The van der Waals surface area contributed by atoms with Crippen molar-refractivity contribution in [3.63, 3.8) is 0 Å². The molecule has 3 aromatic rings. The summed E-state index contributed by atoms with van der Waals surface area (Å²) in [5, 5.41) is 11.5. The monoisotopic (exact) mass is 411 g/mol. The fourth-order valence-electron chi connectivity index (χ4n) is 2.97. The normalized spacial score (nSPS) is 14.0. The summed E-state index contributed by atoms with van der Waals surface area (Å²) in [4.78, 5) is 18.6. The summed E-state index contributed by atoms with van der Waals surface area (Å²) in [6, 6.07) is 11.5. The maximum atomic E-state index is 12.3. The van der Waals surface area contributed by atoms with Gasteiger partial charge in [-0.25, -0.2) is 4.68 Å². The van der Waals surface area contributed by atoms with Gasteiger partial charge in [0.2, 0.25) is 11.1 Å². The van der Waals surface area contributed by atoms with Gasteiger partial charge in [-0.3, -0.25) is 9.78 Å². The smallest absolute Gasteiger partial charge is 0.234 e. The molecule has 0 spiro atoms. The summed E-state index contributed by atoms with van der Waals surface area (Å²) in [5.41, 5.74) is 2.64. The van der Waals surface area contributed by atoms with Gasteiger partial charge in [0.15, 0.2) is 5.82 Å². The van der Waals surface area contributed by atoms with E-state index >= 15 is 0 Å². The molecular formula is C19H21N7O2S. The molecule has 1 amide bonds. The molecule has 3 heterocycles. The molecule has 1 aromatic carbocycles. The average Bonchev–Trinajstić information content (AvgIpc) is 3.14. The third-order valence-electron chi connectivity index (χ3n) is 4.44. The van der Waals surface area contributed by atoms with E-state index in [1.807, 2.05) is 30.3 Å². The van der Waals surface area contributed by atoms with Crippen LogP contribution in [0.15, 0.2) is 53.9 Å². The molecule has 150 valence electrons. The minimum Gasteiger partial charge on any atom is -0.378 e. The zero-order valence-corrected chi connectivity index (χ0v) is 16.5. The van der Waals surface area contributed by atoms with E-state index in [4.69, 9.17) is 10.6 Å². The predicted octanol–water partition coefficient (Wildman–Crippen LogP) is 1.62. The summed E-state index contributed by atoms with van der Waals surface area (Å²) < 4.78 is 6.74. The fraction of sp³-hybridized carbons (Fsp3) is 0.263. The first-order chi connectivity index (χ1) is 14.2. The van der Waals surface area contributed by atoms with Gasteiger partial charge in [-0.2, -0.15) is 0 Å². The van der Waals surface area contributed by atoms with Crippen molar-refractivity contribution in [2.75, 3.05) is 48.1 Å². The second-order valence-electron chi connectivity index (χ2n) is 6.40. The lowest BCUT2D eigenvalue weighted by atomic mass is 10.2. The zero-order valence-electron chi connectivity index (χ0n) is 15.7. The van der Waals surface area contributed by atoms with Crippen LogP contribution in [-0.2, 0) is 9.53 Å². The van der Waals surface area contributed by atoms with Gasteiger partial charge in [-0.15, -0.1) is 10.2 Å². The van der Waals surface area contributed by atoms with Gasteiger partial charge >= 0.3 is 0 Å². The number of ether oxygens (including phenoxy) is 1. The molecular weight excluding hydrogens is 390 g/mol. The molecule has 0 unspecified atom stereocenters. The summed E-state index contributed by atoms with van der Waals surface area (Å²) in [7, 11) is 0. The van der Waals surface area contributed by atoms with Crippen LogP contribution in [0.2, 0.25) is 0 Å². The van der Waals surface area contributed by atoms with E-state index in [0.29, 0.717) is 11.0 Å². The summed E-state index contributed by atoms with van der Waals surface area (Å²) in [5.74, 6) is 6.59. The third-order valence-corrected chi connectivity index (χ3v) is 5.39. The van der Waals surface area contributed by atoms with Crippen molar-refractivity contribution in [1.29, 1.82) is 0 Å². The van der Waals surface area contributed by atoms with Crippen LogP contribution < -0.4 is 16.1 Å². The Kier molecular flexibility index (Phi) is 5.92. The first kappa shape index (κ1) is 19.2. The summed E-state index contributed by atoms with van der Waals surface area (Å²) in [6.45, 7) is 3.24. The van der Waals surface area contributed by atoms with Crippen LogP contribution in [-0.4, -0.2) is 57.8 Å². The number of morpholine rings is 1. The van der Waals surface area contributed by atoms with Gasteiger partial charge in [0.25, 0.3) is 0 Å². The first-order valence-electron chi connectivity index (χ1n) is 9.17. The topological polar surface area (TPSA) is 111 Å². The molecule has 9 nitrogen and oxygen atoms in total. The van der Waals surface area contributed by atoms with Crippen LogP contribution in [0.5, 0.6) is 0 Å². The molecule has 29 heavy (non-hydrogen) atoms. The Hall–Kier alpha value is -3.11. The molecule has 1 fully saturated rings. The molecule has 1 saturated heterocycles. The van der Waals surface area contributed by atoms with Crippen LogP contribution in [0.25, 0.3) is 11.4 Å². The van der Waals surface area contributed by atoms with Gasteiger partial charge in [-0.05, 0) is 36.4 Å². The number of pyridine rings is 1. The van der Waals surface area contributed by atoms with Gasteiger partial charge in [0.05, 0.1) is 19.0 Å². The molecule has 10 heteroatoms. The molecule has 0 saturated carbocycles. The Morgan fingerprint density at radius 2 is 1.97 bits per heavy atom. The van der Waals surface area contributed by atoms with Crippen LogP contribution in [0.4, 0.5) is 11.4 Å². The van der Waals surface area contributed by atoms with E-state index in [-0.39, 0.29) is 11.7 Å². The number of thioether (sulfide) groups is 1. The van der Waals surface area contributed by atoms with E-state index < -0.39 is 0 Å². The molecule has 0 bridgehead atoms. The lowest BCUT2D eigenvalue weighted by molar-refractivity contribution is -0.113. The van der Waals surface area contributed by atoms with Crippen LogP contribution in [0.3, 0.4) is 0 Å². The van der Waals surface area contributed by atoms with Crippen molar-refractivity contribution in [1.82, 2.24) is 19.9 Å². The van der Waals surface area contributed by atoms with Gasteiger partial charge < -0.3 is 20.8 Å². The Morgan fingerprint density at radius 1 is 1.17 bits per heavy atom. The molecule has 0 aliphatic carbocycles. The lowest BCUT2D eigenvalue weighted by Crippen LogP contribution is -2.36. The first-order valence-corrected chi connectivity index (χ1v) is 10.2. The van der Waals surface area contributed by atoms with Crippen molar-refractivity contribution >= 4 is 29.0 Å². The number of nitrogens with two attached hydrogens (primary N) is 1. The highest BCUT2D eigenvalue weighted by molar-refractivity contribution is 7.99. The highest BCUT2D eigenvalue weighted by atomic mass is 32.2. The number of nitrogen functional groups attached to an aromatic ring is 1. The molecule has 2 aromatic heterocycles. The number of amides is 1. The fourth-order valence-corrected chi connectivity index (χ4v) is 3.63. The van der Waals surface area contributed by atoms with Crippen LogP contribution >= 0.6 is 11.8 Å². The molecule has 4 rings (SSSR count). The predicted molar refractivity (Wildman–Crippen MR) is 112 cm³/mol. The quantitative estimate of drug-likeness (QED) is 0.465. The van der Waals surface area contributed by atoms with Gasteiger partial charge in [0, 0.05) is 42.4 Å². The Labute approximate surface area is 172 Å². The lowest BCUT2D eigenvalue weighted by Gasteiger charge is -2.28. The molecule has 0 radical (unpaired) electrons. The number of aromatic nitrogens is 4. The second-order valence-corrected chi connectivity index (χ2v) is 7.34. The zero-order chi connectivity index (χ0) is 20.1. The largest absolute Gasteiger partial charge is 0.378 e. The number of anilines is 2. The number of hydrogen-bond donors (Lipinski definition) is 2. The number of nitrogens with one attached hydrogen (secondary N) is 1. The molecule has 1 aliphatic rings. The SMILES string of the molecule is Nn1c(SCC(=O)Nc2ccc(N3CCOCC3)cc2)nnc1-c1cccnc1. The molecule has 3 N–H and O–H groups in total. The van der Waals surface area contributed by atoms with Crippen LogP contribution in [0.1, 0.15) is 0 Å². The highest BCUT2D eigenvalue weighted by Crippen LogP contribution is 2.22. The maximum Gasteiger partial charge on any atom is 0.234 e. The van der Waals surface area contributed by atoms with Crippen molar-refractivity contribution in [3.05, 3.63) is 48.8 Å². The number of nitrogens with zero attached hydrogens (tertiary/aromatic N) is 5. The number of rotatable bonds is 6. The van der Waals surface area contributed by atoms with Gasteiger partial charge in [0.1, 0.15) is 0 Å². The van der Waals surface area contributed by atoms with E-state index in [1.54, 1.807) is 18.5 Å². The number of hydrogen-bond acceptors (Lipinski definition) is 8. The van der Waals surface area contributed by atoms with E-state index in [0.717, 1.165) is 43.2 Å². The van der Waals surface area contributed by atoms with Crippen molar-refractivity contribution in [2.24, 2.45) is 0 Å². The van der Waals surface area contributed by atoms with E-state index in [2.05, 4.69) is 25.4 Å². The third kappa shape index (κ3) is 4.66. The Bertz CT molecular complexity index is 956. The van der Waals surface area contributed by atoms with Crippen molar-refractivity contribution < 1.29 is 9.53 Å². The Morgan fingerprint density at radius 3 is 2.69 bits per heavy atom. The number of benzene rings is 1. The second kappa shape index (κ2) is 8.93. The molecule has 0 atom stereocenters. The summed E-state index contributed by atoms with van der Waals surface area (Å²) in [6.07, 6.45) is 3.34. The van der Waals surface area contributed by atoms with Crippen molar-refractivity contribution in [2.45, 2.75) is 5.16 Å². The number of carbonyl (C=O) groups excluding carboxylic acids is 1. The summed E-state index contributed by atoms with van der Waals surface area (Å²) >= 11 is 1.23. The standard InChI is InChI=1S/C19H21N7O2S/c20-26-18(14-2-1-7-21-12-14)23-24-19(26)29-13-17(27)22-15-3-5-16(6-4-15)25-8-10-28-11-9-25/h1-7,12H,8-11,13,20H2,(H,22,27). The minimum atomic E-state index is -0.139. The highest BCUT2D eigenvalue weighted by Gasteiger charge is 2.14. The van der Waals surface area contributed by atoms with E-state index in [9.17, 15) is 4.79 Å². The minimum absolute atomic E-state index is 0.139. The van der Waals surface area contributed by atoms with E-state index in [1.165, 1.54) is 16.4 Å². The average molecular weight is 411 g/mol.